The van der Waals surface area contributed by atoms with Crippen LogP contribution in [0.4, 0.5) is 0 Å². The smallest absolute Gasteiger partial charge is 0.226 e. The first-order chi connectivity index (χ1) is 8.31. The number of β-lactam (4-membered cyclic amide) rings is 1. The van der Waals surface area contributed by atoms with Crippen LogP contribution in [0, 0.1) is 0 Å². The van der Waals surface area contributed by atoms with Crippen LogP contribution in [0.25, 0.3) is 0 Å². The van der Waals surface area contributed by atoms with Crippen molar-refractivity contribution in [3.63, 3.8) is 0 Å². The molecule has 17 heavy (non-hydrogen) atoms. The van der Waals surface area contributed by atoms with Crippen LogP contribution >= 0.6 is 0 Å². The summed E-state index contributed by atoms with van der Waals surface area (Å²) in [7, 11) is 0. The fraction of sp³-hybridized carbons (Fsp3) is 0.500. The molecule has 0 unspecified atom stereocenters. The molecule has 3 heteroatoms. The number of nitrogens with zero attached hydrogens (tertiary/aromatic N) is 1. The topological polar surface area (TPSA) is 29.5 Å². The molecule has 0 N–H and O–H groups in total. The number of amides is 1. The lowest BCUT2D eigenvalue weighted by atomic mass is 10.1. The molecule has 1 aromatic carbocycles. The fourth-order valence-corrected chi connectivity index (χ4v) is 1.98. The summed E-state index contributed by atoms with van der Waals surface area (Å²) in [4.78, 5) is 13.2. The first-order valence-electron chi connectivity index (χ1n) is 6.26. The first kappa shape index (κ1) is 12.1. The first-order valence-corrected chi connectivity index (χ1v) is 6.26. The van der Waals surface area contributed by atoms with Crippen LogP contribution in [0.2, 0.25) is 0 Å². The van der Waals surface area contributed by atoms with Crippen LogP contribution in [0.3, 0.4) is 0 Å². The van der Waals surface area contributed by atoms with Crippen molar-refractivity contribution in [3.8, 4) is 0 Å². The van der Waals surface area contributed by atoms with Gasteiger partial charge in [-0.2, -0.15) is 0 Å². The molecule has 0 aliphatic carbocycles. The zero-order valence-corrected chi connectivity index (χ0v) is 10.3. The highest BCUT2D eigenvalue weighted by molar-refractivity contribution is 5.81. The maximum Gasteiger partial charge on any atom is 0.226 e. The SMILES string of the molecule is CCC[C@@H](OCc1ccccc1)N1CCC1=O. The van der Waals surface area contributed by atoms with Crippen LogP contribution in [0.15, 0.2) is 30.3 Å². The summed E-state index contributed by atoms with van der Waals surface area (Å²) in [5.41, 5.74) is 1.15. The van der Waals surface area contributed by atoms with Gasteiger partial charge in [0.2, 0.25) is 5.91 Å². The van der Waals surface area contributed by atoms with E-state index in [1.165, 1.54) is 0 Å². The van der Waals surface area contributed by atoms with Crippen molar-refractivity contribution in [3.05, 3.63) is 35.9 Å². The predicted molar refractivity (Wildman–Crippen MR) is 66.3 cm³/mol. The van der Waals surface area contributed by atoms with Gasteiger partial charge in [-0.3, -0.25) is 4.79 Å². The van der Waals surface area contributed by atoms with Gasteiger partial charge in [0.15, 0.2) is 0 Å². The lowest BCUT2D eigenvalue weighted by molar-refractivity contribution is -0.162. The molecular formula is C14H19NO2. The molecule has 1 amide bonds. The third-order valence-electron chi connectivity index (χ3n) is 3.06. The Kier molecular flexibility index (Phi) is 4.15. The number of rotatable bonds is 6. The minimum Gasteiger partial charge on any atom is -0.354 e. The van der Waals surface area contributed by atoms with Crippen molar-refractivity contribution in [2.75, 3.05) is 6.54 Å². The summed E-state index contributed by atoms with van der Waals surface area (Å²) in [5.74, 6) is 0.219. The van der Waals surface area contributed by atoms with Crippen molar-refractivity contribution in [1.82, 2.24) is 4.90 Å². The molecular weight excluding hydrogens is 214 g/mol. The number of carbonyl (C=O) groups is 1. The van der Waals surface area contributed by atoms with Gasteiger partial charge >= 0.3 is 0 Å². The van der Waals surface area contributed by atoms with Crippen molar-refractivity contribution in [2.45, 2.75) is 39.0 Å². The number of ether oxygens (including phenoxy) is 1. The Morgan fingerprint density at radius 1 is 1.35 bits per heavy atom. The highest BCUT2D eigenvalue weighted by atomic mass is 16.5. The van der Waals surface area contributed by atoms with Gasteiger partial charge in [-0.15, -0.1) is 0 Å². The molecule has 1 atom stereocenters. The lowest BCUT2D eigenvalue weighted by Crippen LogP contribution is -2.50. The molecule has 1 aliphatic rings. The number of carbonyl (C=O) groups excluding carboxylic acids is 1. The average molecular weight is 233 g/mol. The van der Waals surface area contributed by atoms with Gasteiger partial charge in [-0.1, -0.05) is 43.7 Å². The van der Waals surface area contributed by atoms with Crippen molar-refractivity contribution >= 4 is 5.91 Å². The standard InChI is InChI=1S/C14H19NO2/c1-2-6-14(15-10-9-13(15)16)17-11-12-7-4-3-5-8-12/h3-5,7-8,14H,2,6,9-11H2,1H3/t14-/m1/s1. The normalized spacial score (nSPS) is 16.8. The number of benzene rings is 1. The van der Waals surface area contributed by atoms with Crippen molar-refractivity contribution in [2.24, 2.45) is 0 Å². The summed E-state index contributed by atoms with van der Waals surface area (Å²) in [6.07, 6.45) is 2.58. The average Bonchev–Trinajstić information content (AvgIpc) is 2.35. The molecule has 2 rings (SSSR count). The number of likely N-dealkylation sites (tertiary alicyclic amines) is 1. The monoisotopic (exact) mass is 233 g/mol. The van der Waals surface area contributed by atoms with Crippen LogP contribution in [-0.4, -0.2) is 23.6 Å². The van der Waals surface area contributed by atoms with Gasteiger partial charge in [0, 0.05) is 13.0 Å². The van der Waals surface area contributed by atoms with Crippen molar-refractivity contribution < 1.29 is 9.53 Å². The van der Waals surface area contributed by atoms with E-state index in [4.69, 9.17) is 4.74 Å². The molecule has 1 saturated heterocycles. The summed E-state index contributed by atoms with van der Waals surface area (Å²) in [6, 6.07) is 10.1. The molecule has 3 nitrogen and oxygen atoms in total. The van der Waals surface area contributed by atoms with Crippen LogP contribution < -0.4 is 0 Å². The second kappa shape index (κ2) is 5.82. The fourth-order valence-electron chi connectivity index (χ4n) is 1.98. The van der Waals surface area contributed by atoms with E-state index in [-0.39, 0.29) is 12.1 Å². The summed E-state index contributed by atoms with van der Waals surface area (Å²) < 4.78 is 5.85. The second-order valence-corrected chi connectivity index (χ2v) is 4.38. The van der Waals surface area contributed by atoms with Gasteiger partial charge in [-0.05, 0) is 12.0 Å². The highest BCUT2D eigenvalue weighted by Gasteiger charge is 2.30. The van der Waals surface area contributed by atoms with E-state index in [9.17, 15) is 4.79 Å². The number of hydrogen-bond donors (Lipinski definition) is 0. The quantitative estimate of drug-likeness (QED) is 0.707. The summed E-state index contributed by atoms with van der Waals surface area (Å²) >= 11 is 0. The Labute approximate surface area is 102 Å². The Hall–Kier alpha value is -1.35. The Bertz CT molecular complexity index is 364. The molecule has 0 saturated carbocycles. The van der Waals surface area contributed by atoms with Gasteiger partial charge in [0.25, 0.3) is 0 Å². The summed E-state index contributed by atoms with van der Waals surface area (Å²) in [5, 5.41) is 0. The van der Waals surface area contributed by atoms with Gasteiger partial charge < -0.3 is 9.64 Å². The van der Waals surface area contributed by atoms with E-state index < -0.39 is 0 Å². The minimum atomic E-state index is -0.0403. The molecule has 1 aliphatic heterocycles. The summed E-state index contributed by atoms with van der Waals surface area (Å²) in [6.45, 7) is 3.54. The molecule has 1 heterocycles. The number of hydrogen-bond acceptors (Lipinski definition) is 2. The molecule has 0 bridgehead atoms. The van der Waals surface area contributed by atoms with Crippen molar-refractivity contribution in [1.29, 1.82) is 0 Å². The van der Waals surface area contributed by atoms with Gasteiger partial charge in [0.05, 0.1) is 6.61 Å². The van der Waals surface area contributed by atoms with E-state index in [1.54, 1.807) is 0 Å². The zero-order chi connectivity index (χ0) is 12.1. The minimum absolute atomic E-state index is 0.0403. The molecule has 0 spiro atoms. The van der Waals surface area contributed by atoms with E-state index in [0.717, 1.165) is 24.9 Å². The van der Waals surface area contributed by atoms with Crippen LogP contribution in [0.1, 0.15) is 31.7 Å². The Balaban J connectivity index is 1.87. The zero-order valence-electron chi connectivity index (χ0n) is 10.3. The highest BCUT2D eigenvalue weighted by Crippen LogP contribution is 2.19. The third-order valence-corrected chi connectivity index (χ3v) is 3.06. The lowest BCUT2D eigenvalue weighted by Gasteiger charge is -2.37. The van der Waals surface area contributed by atoms with E-state index >= 15 is 0 Å². The van der Waals surface area contributed by atoms with Gasteiger partial charge in [-0.25, -0.2) is 0 Å². The maximum absolute atomic E-state index is 11.4. The van der Waals surface area contributed by atoms with E-state index in [0.29, 0.717) is 13.0 Å². The third kappa shape index (κ3) is 3.07. The molecule has 92 valence electrons. The Morgan fingerprint density at radius 3 is 2.65 bits per heavy atom. The van der Waals surface area contributed by atoms with Crippen LogP contribution in [0.5, 0.6) is 0 Å². The van der Waals surface area contributed by atoms with Crippen LogP contribution in [-0.2, 0) is 16.1 Å². The van der Waals surface area contributed by atoms with Gasteiger partial charge in [0.1, 0.15) is 6.23 Å². The van der Waals surface area contributed by atoms with E-state index in [1.807, 2.05) is 35.2 Å². The second-order valence-electron chi connectivity index (χ2n) is 4.38. The predicted octanol–water partition coefficient (Wildman–Crippen LogP) is 2.56. The largest absolute Gasteiger partial charge is 0.354 e. The van der Waals surface area contributed by atoms with E-state index in [2.05, 4.69) is 6.92 Å². The molecule has 1 aromatic rings. The Morgan fingerprint density at radius 2 is 2.12 bits per heavy atom. The maximum atomic E-state index is 11.4. The molecule has 0 radical (unpaired) electrons. The molecule has 1 fully saturated rings. The molecule has 0 aromatic heterocycles.